The lowest BCUT2D eigenvalue weighted by Crippen LogP contribution is -2.04. The van der Waals surface area contributed by atoms with E-state index in [1.807, 2.05) is 0 Å². The zero-order valence-electron chi connectivity index (χ0n) is 9.81. The third-order valence-corrected chi connectivity index (χ3v) is 2.90. The zero-order valence-corrected chi connectivity index (χ0v) is 10.6. The van der Waals surface area contributed by atoms with Gasteiger partial charge in [0.15, 0.2) is 17.1 Å². The third kappa shape index (κ3) is 3.52. The molecule has 0 atom stereocenters. The van der Waals surface area contributed by atoms with Crippen LogP contribution in [0, 0.1) is 0 Å². The number of carbonyl (C=O) groups is 1. The Kier molecular flexibility index (Phi) is 4.09. The van der Waals surface area contributed by atoms with Crippen LogP contribution in [-0.2, 0) is 16.2 Å². The normalized spacial score (nSPS) is 11.3. The molecule has 0 aliphatic rings. The summed E-state index contributed by atoms with van der Waals surface area (Å²) in [6.45, 7) is 0.192. The fourth-order valence-electron chi connectivity index (χ4n) is 1.30. The highest BCUT2D eigenvalue weighted by Gasteiger charge is 2.07. The third-order valence-electron chi connectivity index (χ3n) is 2.23. The highest BCUT2D eigenvalue weighted by Crippen LogP contribution is 2.13. The van der Waals surface area contributed by atoms with E-state index >= 15 is 0 Å². The van der Waals surface area contributed by atoms with E-state index in [4.69, 9.17) is 15.7 Å². The summed E-state index contributed by atoms with van der Waals surface area (Å²) in [6, 6.07) is 6.49. The van der Waals surface area contributed by atoms with Gasteiger partial charge < -0.3 is 15.7 Å². The monoisotopic (exact) mass is 277 g/mol. The van der Waals surface area contributed by atoms with E-state index in [9.17, 15) is 4.79 Å². The lowest BCUT2D eigenvalue weighted by molar-refractivity contribution is -0.102. The summed E-state index contributed by atoms with van der Waals surface area (Å²) in [6.07, 6.45) is 0.561. The molecule has 1 aromatic carbocycles. The van der Waals surface area contributed by atoms with E-state index in [2.05, 4.69) is 10.1 Å². The fraction of sp³-hybridized carbons (Fsp3) is 0.0833. The highest BCUT2D eigenvalue weighted by molar-refractivity contribution is 7.13. The molecule has 0 radical (unpaired) electrons. The zero-order chi connectivity index (χ0) is 13.7. The number of anilines is 1. The molecule has 0 bridgehead atoms. The summed E-state index contributed by atoms with van der Waals surface area (Å²) in [5, 5.41) is 14.8. The molecule has 1 heterocycles. The van der Waals surface area contributed by atoms with Crippen molar-refractivity contribution in [3.8, 4) is 5.75 Å². The van der Waals surface area contributed by atoms with Gasteiger partial charge in [0, 0.05) is 5.38 Å². The molecule has 0 aliphatic carbocycles. The average molecular weight is 277 g/mol. The Hall–Kier alpha value is -2.41. The molecule has 98 valence electrons. The van der Waals surface area contributed by atoms with Crippen LogP contribution >= 0.6 is 11.3 Å². The van der Waals surface area contributed by atoms with Gasteiger partial charge in [0.2, 0.25) is 0 Å². The second kappa shape index (κ2) is 5.96. The van der Waals surface area contributed by atoms with Gasteiger partial charge in [0.25, 0.3) is 0 Å². The minimum Gasteiger partial charge on any atom is -0.508 e. The van der Waals surface area contributed by atoms with Crippen molar-refractivity contribution >= 4 is 28.5 Å². The molecule has 0 amide bonds. The van der Waals surface area contributed by atoms with Crippen LogP contribution in [-0.4, -0.2) is 22.1 Å². The van der Waals surface area contributed by atoms with Gasteiger partial charge in [0.05, 0.1) is 0 Å². The quantitative estimate of drug-likeness (QED) is 0.491. The molecular weight excluding hydrogens is 266 g/mol. The van der Waals surface area contributed by atoms with Crippen molar-refractivity contribution < 1.29 is 14.7 Å². The van der Waals surface area contributed by atoms with E-state index in [1.165, 1.54) is 11.3 Å². The molecule has 0 saturated carbocycles. The van der Waals surface area contributed by atoms with E-state index in [-0.39, 0.29) is 18.1 Å². The summed E-state index contributed by atoms with van der Waals surface area (Å²) in [7, 11) is 0. The fourth-order valence-corrected chi connectivity index (χ4v) is 1.86. The molecule has 0 spiro atoms. The summed E-state index contributed by atoms with van der Waals surface area (Å²) in [5.41, 5.74) is 6.78. The number of phenolic OH excluding ortho intramolecular Hbond substituents is 1. The second-order valence-electron chi connectivity index (χ2n) is 3.61. The van der Waals surface area contributed by atoms with Crippen LogP contribution in [0.15, 0.2) is 34.8 Å². The molecule has 19 heavy (non-hydrogen) atoms. The number of aromatic nitrogens is 1. The van der Waals surface area contributed by atoms with E-state index in [0.717, 1.165) is 5.56 Å². The predicted octanol–water partition coefficient (Wildman–Crippen LogP) is 1.55. The molecular formula is C12H11N3O3S. The molecule has 0 aliphatic heterocycles. The van der Waals surface area contributed by atoms with Crippen LogP contribution in [0.2, 0.25) is 0 Å². The first-order valence-electron chi connectivity index (χ1n) is 5.33. The number of nitrogen functional groups attached to an aromatic ring is 1. The van der Waals surface area contributed by atoms with Crippen molar-refractivity contribution in [2.24, 2.45) is 5.16 Å². The number of hydrogen-bond acceptors (Lipinski definition) is 7. The molecule has 6 nitrogen and oxygen atoms in total. The number of aromatic hydroxyl groups is 1. The number of nitrogens with two attached hydrogens (primary N) is 1. The first-order valence-corrected chi connectivity index (χ1v) is 6.21. The number of rotatable bonds is 5. The van der Waals surface area contributed by atoms with Crippen molar-refractivity contribution in [3.63, 3.8) is 0 Å². The highest BCUT2D eigenvalue weighted by atomic mass is 32.1. The molecule has 0 fully saturated rings. The number of thiazole rings is 1. The first-order chi connectivity index (χ1) is 9.19. The summed E-state index contributed by atoms with van der Waals surface area (Å²) in [5.74, 6) is 0.179. The summed E-state index contributed by atoms with van der Waals surface area (Å²) in [4.78, 5) is 19.9. The van der Waals surface area contributed by atoms with E-state index < -0.39 is 0 Å². The molecule has 3 N–H and O–H groups in total. The predicted molar refractivity (Wildman–Crippen MR) is 72.0 cm³/mol. The lowest BCUT2D eigenvalue weighted by atomic mass is 10.2. The topological polar surface area (TPSA) is 97.8 Å². The van der Waals surface area contributed by atoms with Crippen molar-refractivity contribution in [2.45, 2.75) is 6.61 Å². The van der Waals surface area contributed by atoms with E-state index in [1.54, 1.807) is 29.6 Å². The van der Waals surface area contributed by atoms with Crippen molar-refractivity contribution in [1.82, 2.24) is 4.98 Å². The van der Waals surface area contributed by atoms with Crippen LogP contribution in [0.3, 0.4) is 0 Å². The number of oxime groups is 1. The van der Waals surface area contributed by atoms with Crippen molar-refractivity contribution in [2.75, 3.05) is 5.73 Å². The Morgan fingerprint density at radius 1 is 1.47 bits per heavy atom. The maximum absolute atomic E-state index is 10.9. The Morgan fingerprint density at radius 2 is 2.21 bits per heavy atom. The SMILES string of the molecule is Nc1nc(C(C=O)=NOCc2ccc(O)cc2)cs1. The maximum atomic E-state index is 10.9. The van der Waals surface area contributed by atoms with Crippen LogP contribution in [0.5, 0.6) is 5.75 Å². The van der Waals surface area contributed by atoms with Gasteiger partial charge in [-0.05, 0) is 17.7 Å². The largest absolute Gasteiger partial charge is 0.508 e. The van der Waals surface area contributed by atoms with E-state index in [0.29, 0.717) is 17.1 Å². The molecule has 2 aromatic rings. The average Bonchev–Trinajstić information content (AvgIpc) is 2.83. The number of aldehydes is 1. The van der Waals surface area contributed by atoms with Gasteiger partial charge in [-0.2, -0.15) is 0 Å². The lowest BCUT2D eigenvalue weighted by Gasteiger charge is -2.00. The number of benzene rings is 1. The standard InChI is InChI=1S/C12H11N3O3S/c13-12-14-11(7-19-12)10(5-16)15-18-6-8-1-3-9(17)4-2-8/h1-5,7,17H,6H2,(H2,13,14). The van der Waals surface area contributed by atoms with Gasteiger partial charge in [-0.1, -0.05) is 17.3 Å². The Bertz CT molecular complexity index is 593. The van der Waals surface area contributed by atoms with Crippen LogP contribution in [0.4, 0.5) is 5.13 Å². The second-order valence-corrected chi connectivity index (χ2v) is 4.49. The van der Waals surface area contributed by atoms with Gasteiger partial charge >= 0.3 is 0 Å². The van der Waals surface area contributed by atoms with Crippen molar-refractivity contribution in [3.05, 3.63) is 40.9 Å². The van der Waals surface area contributed by atoms with Gasteiger partial charge in [0.1, 0.15) is 18.1 Å². The molecule has 7 heteroatoms. The molecule has 0 unspecified atom stereocenters. The van der Waals surface area contributed by atoms with Gasteiger partial charge in [-0.3, -0.25) is 4.79 Å². The number of carbonyl (C=O) groups excluding carboxylic acids is 1. The number of nitrogens with zero attached hydrogens (tertiary/aromatic N) is 2. The Balaban J connectivity index is 2.00. The van der Waals surface area contributed by atoms with Crippen LogP contribution in [0.25, 0.3) is 0 Å². The first kappa shape index (κ1) is 13.0. The molecule has 0 saturated heterocycles. The van der Waals surface area contributed by atoms with Gasteiger partial charge in [-0.25, -0.2) is 4.98 Å². The number of hydrogen-bond donors (Lipinski definition) is 2. The van der Waals surface area contributed by atoms with Gasteiger partial charge in [-0.15, -0.1) is 11.3 Å². The smallest absolute Gasteiger partial charge is 0.180 e. The Labute approximate surface area is 113 Å². The summed E-state index contributed by atoms with van der Waals surface area (Å²) < 4.78 is 0. The van der Waals surface area contributed by atoms with Crippen molar-refractivity contribution in [1.29, 1.82) is 0 Å². The number of phenols is 1. The molecule has 2 rings (SSSR count). The molecule has 1 aromatic heterocycles. The van der Waals surface area contributed by atoms with Crippen LogP contribution < -0.4 is 5.73 Å². The minimum atomic E-state index is 0.0896. The van der Waals surface area contributed by atoms with Crippen LogP contribution in [0.1, 0.15) is 11.3 Å². The Morgan fingerprint density at radius 3 is 2.79 bits per heavy atom. The maximum Gasteiger partial charge on any atom is 0.180 e. The minimum absolute atomic E-state index is 0.0896. The summed E-state index contributed by atoms with van der Waals surface area (Å²) >= 11 is 1.22.